The van der Waals surface area contributed by atoms with Gasteiger partial charge in [0, 0.05) is 6.42 Å². The Morgan fingerprint density at radius 1 is 1.33 bits per heavy atom. The van der Waals surface area contributed by atoms with Gasteiger partial charge in [-0.15, -0.1) is 0 Å². The summed E-state index contributed by atoms with van der Waals surface area (Å²) in [5.74, 6) is -4.91. The van der Waals surface area contributed by atoms with Crippen LogP contribution in [0, 0.1) is 0 Å². The van der Waals surface area contributed by atoms with Crippen molar-refractivity contribution >= 4 is 5.97 Å². The fraction of sp³-hybridized carbons (Fsp3) is 0.364. The molecule has 0 N–H and O–H groups in total. The van der Waals surface area contributed by atoms with Crippen molar-refractivity contribution in [2.75, 3.05) is 6.61 Å². The van der Waals surface area contributed by atoms with E-state index < -0.39 is 18.3 Å². The standard InChI is InChI=1S/C11H12F2O2/c1-2-15-10(14)11(12,13)8-9-6-4-3-5-7-9/h3-7H,2,8H2,1H3. The third-order valence-corrected chi connectivity index (χ3v) is 1.84. The molecular weight excluding hydrogens is 202 g/mol. The zero-order valence-electron chi connectivity index (χ0n) is 8.37. The second-order valence-corrected chi connectivity index (χ2v) is 3.09. The summed E-state index contributed by atoms with van der Waals surface area (Å²) in [4.78, 5) is 10.9. The molecule has 0 unspecified atom stereocenters. The first-order valence-electron chi connectivity index (χ1n) is 4.65. The molecule has 0 aliphatic heterocycles. The average Bonchev–Trinajstić information content (AvgIpc) is 2.19. The summed E-state index contributed by atoms with van der Waals surface area (Å²) in [7, 11) is 0. The predicted octanol–water partition coefficient (Wildman–Crippen LogP) is 2.43. The van der Waals surface area contributed by atoms with E-state index in [2.05, 4.69) is 4.74 Å². The maximum absolute atomic E-state index is 13.2. The summed E-state index contributed by atoms with van der Waals surface area (Å²) >= 11 is 0. The summed E-state index contributed by atoms with van der Waals surface area (Å²) in [5.41, 5.74) is 0.413. The molecular formula is C11H12F2O2. The topological polar surface area (TPSA) is 26.3 Å². The molecule has 0 aliphatic rings. The van der Waals surface area contributed by atoms with E-state index in [0.717, 1.165) is 0 Å². The largest absolute Gasteiger partial charge is 0.462 e. The molecule has 0 bridgehead atoms. The van der Waals surface area contributed by atoms with Crippen molar-refractivity contribution in [2.45, 2.75) is 19.3 Å². The first kappa shape index (κ1) is 11.6. The number of ether oxygens (including phenoxy) is 1. The molecule has 1 rings (SSSR count). The lowest BCUT2D eigenvalue weighted by Crippen LogP contribution is -2.33. The molecule has 0 aromatic heterocycles. The van der Waals surface area contributed by atoms with E-state index in [1.807, 2.05) is 0 Å². The molecule has 0 aliphatic carbocycles. The lowest BCUT2D eigenvalue weighted by molar-refractivity contribution is -0.171. The number of rotatable bonds is 4. The third kappa shape index (κ3) is 3.31. The molecule has 4 heteroatoms. The van der Waals surface area contributed by atoms with Crippen LogP contribution in [0.5, 0.6) is 0 Å². The molecule has 82 valence electrons. The highest BCUT2D eigenvalue weighted by molar-refractivity contribution is 5.77. The Morgan fingerprint density at radius 2 is 1.93 bits per heavy atom. The molecule has 0 saturated heterocycles. The van der Waals surface area contributed by atoms with Crippen LogP contribution in [0.25, 0.3) is 0 Å². The number of halogens is 2. The van der Waals surface area contributed by atoms with Crippen LogP contribution < -0.4 is 0 Å². The van der Waals surface area contributed by atoms with Crippen LogP contribution in [0.1, 0.15) is 12.5 Å². The van der Waals surface area contributed by atoms with Gasteiger partial charge in [-0.2, -0.15) is 8.78 Å². The molecule has 0 amide bonds. The van der Waals surface area contributed by atoms with Crippen LogP contribution in [-0.4, -0.2) is 18.5 Å². The summed E-state index contributed by atoms with van der Waals surface area (Å²) in [6.45, 7) is 1.46. The number of esters is 1. The zero-order valence-corrected chi connectivity index (χ0v) is 8.37. The highest BCUT2D eigenvalue weighted by atomic mass is 19.3. The summed E-state index contributed by atoms with van der Waals surface area (Å²) in [5, 5.41) is 0. The number of hydrogen-bond acceptors (Lipinski definition) is 2. The van der Waals surface area contributed by atoms with E-state index in [1.165, 1.54) is 6.92 Å². The first-order valence-corrected chi connectivity index (χ1v) is 4.65. The number of benzene rings is 1. The fourth-order valence-electron chi connectivity index (χ4n) is 1.16. The van der Waals surface area contributed by atoms with E-state index in [9.17, 15) is 13.6 Å². The van der Waals surface area contributed by atoms with Crippen LogP contribution in [0.3, 0.4) is 0 Å². The zero-order chi connectivity index (χ0) is 11.3. The molecule has 2 nitrogen and oxygen atoms in total. The van der Waals surface area contributed by atoms with E-state index in [0.29, 0.717) is 5.56 Å². The van der Waals surface area contributed by atoms with Crippen molar-refractivity contribution in [2.24, 2.45) is 0 Å². The molecule has 0 heterocycles. The van der Waals surface area contributed by atoms with Crippen molar-refractivity contribution in [3.8, 4) is 0 Å². The van der Waals surface area contributed by atoms with E-state index in [1.54, 1.807) is 30.3 Å². The van der Waals surface area contributed by atoms with Gasteiger partial charge in [0.1, 0.15) is 0 Å². The van der Waals surface area contributed by atoms with Crippen LogP contribution in [0.15, 0.2) is 30.3 Å². The van der Waals surface area contributed by atoms with Crippen molar-refractivity contribution in [1.82, 2.24) is 0 Å². The Hall–Kier alpha value is -1.45. The fourth-order valence-corrected chi connectivity index (χ4v) is 1.16. The molecule has 0 saturated carbocycles. The second kappa shape index (κ2) is 4.87. The van der Waals surface area contributed by atoms with Crippen molar-refractivity contribution in [3.63, 3.8) is 0 Å². The number of carbonyl (C=O) groups is 1. The minimum Gasteiger partial charge on any atom is -0.462 e. The number of hydrogen-bond donors (Lipinski definition) is 0. The lowest BCUT2D eigenvalue weighted by Gasteiger charge is -2.14. The predicted molar refractivity (Wildman–Crippen MR) is 51.7 cm³/mol. The average molecular weight is 214 g/mol. The Labute approximate surface area is 86.9 Å². The van der Waals surface area contributed by atoms with Crippen molar-refractivity contribution in [1.29, 1.82) is 0 Å². The Kier molecular flexibility index (Phi) is 3.77. The van der Waals surface area contributed by atoms with Gasteiger partial charge in [-0.25, -0.2) is 4.79 Å². The smallest absolute Gasteiger partial charge is 0.377 e. The molecule has 1 aromatic rings. The van der Waals surface area contributed by atoms with Gasteiger partial charge in [0.15, 0.2) is 0 Å². The highest BCUT2D eigenvalue weighted by Crippen LogP contribution is 2.21. The second-order valence-electron chi connectivity index (χ2n) is 3.09. The van der Waals surface area contributed by atoms with Gasteiger partial charge < -0.3 is 4.74 Å². The molecule has 15 heavy (non-hydrogen) atoms. The van der Waals surface area contributed by atoms with Gasteiger partial charge in [-0.3, -0.25) is 0 Å². The summed E-state index contributed by atoms with van der Waals surface area (Å²) < 4.78 is 30.7. The highest BCUT2D eigenvalue weighted by Gasteiger charge is 2.40. The van der Waals surface area contributed by atoms with Gasteiger partial charge in [-0.1, -0.05) is 30.3 Å². The molecule has 1 aromatic carbocycles. The monoisotopic (exact) mass is 214 g/mol. The van der Waals surface area contributed by atoms with Gasteiger partial charge in [0.2, 0.25) is 0 Å². The van der Waals surface area contributed by atoms with Gasteiger partial charge >= 0.3 is 11.9 Å². The number of carbonyl (C=O) groups excluding carboxylic acids is 1. The summed E-state index contributed by atoms with van der Waals surface area (Å²) in [6.07, 6.45) is -0.618. The first-order chi connectivity index (χ1) is 7.06. The van der Waals surface area contributed by atoms with Crippen molar-refractivity contribution < 1.29 is 18.3 Å². The molecule has 0 fully saturated rings. The molecule has 0 radical (unpaired) electrons. The SMILES string of the molecule is CCOC(=O)C(F)(F)Cc1ccccc1. The molecule has 0 spiro atoms. The van der Waals surface area contributed by atoms with Gasteiger partial charge in [-0.05, 0) is 12.5 Å². The third-order valence-electron chi connectivity index (χ3n) is 1.84. The minimum absolute atomic E-state index is 0.0385. The Morgan fingerprint density at radius 3 is 2.47 bits per heavy atom. The van der Waals surface area contributed by atoms with E-state index in [-0.39, 0.29) is 6.61 Å². The van der Waals surface area contributed by atoms with Crippen molar-refractivity contribution in [3.05, 3.63) is 35.9 Å². The molecule has 0 atom stereocenters. The van der Waals surface area contributed by atoms with Crippen LogP contribution in [-0.2, 0) is 16.0 Å². The normalized spacial score (nSPS) is 11.1. The van der Waals surface area contributed by atoms with Crippen LogP contribution in [0.2, 0.25) is 0 Å². The Balaban J connectivity index is 2.68. The Bertz CT molecular complexity index is 323. The maximum atomic E-state index is 13.2. The van der Waals surface area contributed by atoms with E-state index >= 15 is 0 Å². The van der Waals surface area contributed by atoms with Gasteiger partial charge in [0.05, 0.1) is 6.61 Å². The van der Waals surface area contributed by atoms with Gasteiger partial charge in [0.25, 0.3) is 0 Å². The maximum Gasteiger partial charge on any atom is 0.377 e. The lowest BCUT2D eigenvalue weighted by atomic mass is 10.1. The van der Waals surface area contributed by atoms with Crippen LogP contribution >= 0.6 is 0 Å². The van der Waals surface area contributed by atoms with Crippen LogP contribution in [0.4, 0.5) is 8.78 Å². The number of alkyl halides is 2. The minimum atomic E-state index is -3.45. The van der Waals surface area contributed by atoms with E-state index in [4.69, 9.17) is 0 Å². The quantitative estimate of drug-likeness (QED) is 0.719. The summed E-state index contributed by atoms with van der Waals surface area (Å²) in [6, 6.07) is 8.12.